The van der Waals surface area contributed by atoms with Crippen molar-refractivity contribution in [2.24, 2.45) is 0 Å². The van der Waals surface area contributed by atoms with Gasteiger partial charge in [-0.25, -0.2) is 9.78 Å². The molecule has 3 rings (SSSR count). The van der Waals surface area contributed by atoms with Crippen molar-refractivity contribution < 1.29 is 29.4 Å². The third-order valence-electron chi connectivity index (χ3n) is 4.26. The largest absolute Gasteiger partial charge is 0.481 e. The Morgan fingerprint density at radius 3 is 2.69 bits per heavy atom. The van der Waals surface area contributed by atoms with Gasteiger partial charge < -0.3 is 21.3 Å². The fourth-order valence-electron chi connectivity index (χ4n) is 2.93. The van der Waals surface area contributed by atoms with E-state index in [9.17, 15) is 24.3 Å². The number of hydrogen-bond acceptors (Lipinski definition) is 8. The summed E-state index contributed by atoms with van der Waals surface area (Å²) in [4.78, 5) is 52.9. The van der Waals surface area contributed by atoms with E-state index in [-0.39, 0.29) is 22.1 Å². The molecule has 152 valence electrons. The first kappa shape index (κ1) is 20.6. The topological polar surface area (TPSA) is 163 Å². The number of rotatable bonds is 7. The lowest BCUT2D eigenvalue weighted by atomic mass is 10.0. The summed E-state index contributed by atoms with van der Waals surface area (Å²) in [5.74, 6) is -3.31. The number of thiazole rings is 1. The van der Waals surface area contributed by atoms with Gasteiger partial charge in [0.05, 0.1) is 17.7 Å². The van der Waals surface area contributed by atoms with Gasteiger partial charge in [-0.15, -0.1) is 23.1 Å². The van der Waals surface area contributed by atoms with Crippen LogP contribution < -0.4 is 11.1 Å². The maximum Gasteiger partial charge on any atom is 0.352 e. The minimum absolute atomic E-state index is 0.0202. The number of anilines is 1. The number of aromatic nitrogens is 1. The van der Waals surface area contributed by atoms with Crippen LogP contribution in [0.25, 0.3) is 5.57 Å². The molecule has 10 nitrogen and oxygen atoms in total. The second kappa shape index (κ2) is 8.09. The van der Waals surface area contributed by atoms with Gasteiger partial charge in [-0.1, -0.05) is 18.7 Å². The summed E-state index contributed by atoms with van der Waals surface area (Å²) >= 11 is 2.39. The van der Waals surface area contributed by atoms with Crippen LogP contribution in [-0.4, -0.2) is 61.0 Å². The first-order valence-electron chi connectivity index (χ1n) is 8.22. The number of allylic oxidation sites excluding steroid dienone is 1. The van der Waals surface area contributed by atoms with E-state index >= 15 is 0 Å². The molecule has 1 aromatic rings. The van der Waals surface area contributed by atoms with Gasteiger partial charge in [0.15, 0.2) is 5.13 Å². The zero-order valence-electron chi connectivity index (χ0n) is 14.8. The van der Waals surface area contributed by atoms with Crippen molar-refractivity contribution in [1.29, 1.82) is 0 Å². The molecule has 0 radical (unpaired) electrons. The van der Waals surface area contributed by atoms with Gasteiger partial charge in [0.1, 0.15) is 17.1 Å². The lowest BCUT2D eigenvalue weighted by Crippen LogP contribution is -2.70. The molecule has 2 aliphatic rings. The molecule has 2 amide bonds. The van der Waals surface area contributed by atoms with Gasteiger partial charge in [-0.2, -0.15) is 0 Å². The summed E-state index contributed by atoms with van der Waals surface area (Å²) in [6, 6.07) is -0.947. The second-order valence-corrected chi connectivity index (χ2v) is 8.03. The van der Waals surface area contributed by atoms with Gasteiger partial charge in [0.2, 0.25) is 0 Å². The van der Waals surface area contributed by atoms with Crippen LogP contribution in [0.15, 0.2) is 35.4 Å². The predicted octanol–water partition coefficient (Wildman–Crippen LogP) is 0.508. The Morgan fingerprint density at radius 2 is 2.14 bits per heavy atom. The SMILES string of the molecule is C=CC1=C(C(=O)O)N2C(=O)[C@@H](NC(=O)C(=CCC(=O)O)c3csc(N)n3)[C@@H]2SC1. The number of nitrogens with zero attached hydrogens (tertiary/aromatic N) is 2. The Kier molecular flexibility index (Phi) is 5.75. The number of thioether (sulfide) groups is 1. The van der Waals surface area contributed by atoms with Crippen molar-refractivity contribution in [3.8, 4) is 0 Å². The maximum absolute atomic E-state index is 12.8. The molecule has 0 aromatic carbocycles. The van der Waals surface area contributed by atoms with Crippen molar-refractivity contribution in [1.82, 2.24) is 15.2 Å². The lowest BCUT2D eigenvalue weighted by Gasteiger charge is -2.49. The molecule has 5 N–H and O–H groups in total. The van der Waals surface area contributed by atoms with Crippen molar-refractivity contribution >= 4 is 57.6 Å². The second-order valence-electron chi connectivity index (χ2n) is 6.03. The molecule has 0 aliphatic carbocycles. The van der Waals surface area contributed by atoms with Crippen LogP contribution in [-0.2, 0) is 19.2 Å². The number of nitrogens with two attached hydrogens (primary N) is 1. The number of amides is 2. The minimum atomic E-state index is -1.25. The molecule has 1 aromatic heterocycles. The highest BCUT2D eigenvalue weighted by atomic mass is 32.2. The number of carbonyl (C=O) groups is 4. The summed E-state index contributed by atoms with van der Waals surface area (Å²) in [5.41, 5.74) is 6.05. The Morgan fingerprint density at radius 1 is 1.41 bits per heavy atom. The zero-order chi connectivity index (χ0) is 21.3. The third-order valence-corrected chi connectivity index (χ3v) is 6.23. The average Bonchev–Trinajstić information content (AvgIpc) is 3.10. The van der Waals surface area contributed by atoms with E-state index in [4.69, 9.17) is 10.8 Å². The van der Waals surface area contributed by atoms with E-state index in [2.05, 4.69) is 16.9 Å². The summed E-state index contributed by atoms with van der Waals surface area (Å²) in [6.45, 7) is 3.57. The normalized spacial score (nSPS) is 21.3. The standard InChI is InChI=1S/C17H16N4O6S2/c1-2-7-5-28-15-11(14(25)21(15)12(7)16(26)27)20-13(24)8(3-4-10(22)23)9-6-29-17(18)19-9/h2-3,6,11,15H,1,4-5H2,(H2,18,19)(H,20,24)(H,22,23)(H,26,27)/t11-,15+/m1/s1. The van der Waals surface area contributed by atoms with E-state index in [0.29, 0.717) is 11.3 Å². The number of carboxylic acids is 2. The molecule has 1 fully saturated rings. The highest BCUT2D eigenvalue weighted by Crippen LogP contribution is 2.40. The van der Waals surface area contributed by atoms with Gasteiger partial charge in [-0.05, 0) is 5.57 Å². The highest BCUT2D eigenvalue weighted by molar-refractivity contribution is 8.00. The van der Waals surface area contributed by atoms with E-state index in [1.807, 2.05) is 0 Å². The molecular weight excluding hydrogens is 420 g/mol. The van der Waals surface area contributed by atoms with Crippen molar-refractivity contribution in [2.75, 3.05) is 11.5 Å². The van der Waals surface area contributed by atoms with E-state index in [1.54, 1.807) is 0 Å². The molecule has 12 heteroatoms. The molecule has 2 aliphatic heterocycles. The molecule has 0 unspecified atom stereocenters. The average molecular weight is 436 g/mol. The van der Waals surface area contributed by atoms with Gasteiger partial charge in [0, 0.05) is 11.1 Å². The predicted molar refractivity (Wildman–Crippen MR) is 107 cm³/mol. The van der Waals surface area contributed by atoms with Crippen LogP contribution in [0.1, 0.15) is 12.1 Å². The summed E-state index contributed by atoms with van der Waals surface area (Å²) in [5, 5.41) is 22.0. The molecule has 0 saturated carbocycles. The van der Waals surface area contributed by atoms with Crippen molar-refractivity contribution in [3.63, 3.8) is 0 Å². The van der Waals surface area contributed by atoms with Crippen molar-refractivity contribution in [2.45, 2.75) is 17.8 Å². The monoisotopic (exact) mass is 436 g/mol. The number of hydrogen-bond donors (Lipinski definition) is 4. The molecule has 2 atom stereocenters. The molecule has 3 heterocycles. The number of β-lactam (4-membered cyclic amide) rings is 1. The number of nitrogens with one attached hydrogen (secondary N) is 1. The summed E-state index contributed by atoms with van der Waals surface area (Å²) in [6.07, 6.45) is 2.17. The molecule has 0 bridgehead atoms. The quantitative estimate of drug-likeness (QED) is 0.352. The summed E-state index contributed by atoms with van der Waals surface area (Å²) < 4.78 is 0. The van der Waals surface area contributed by atoms with Gasteiger partial charge >= 0.3 is 11.9 Å². The van der Waals surface area contributed by atoms with Crippen LogP contribution in [0.2, 0.25) is 0 Å². The number of carboxylic acid groups (broad SMARTS) is 2. The number of fused-ring (bicyclic) bond motifs is 1. The fraction of sp³-hybridized carbons (Fsp3) is 0.235. The molecule has 29 heavy (non-hydrogen) atoms. The number of carbonyl (C=O) groups excluding carboxylic acids is 2. The summed E-state index contributed by atoms with van der Waals surface area (Å²) in [7, 11) is 0. The van der Waals surface area contributed by atoms with Crippen LogP contribution in [0.3, 0.4) is 0 Å². The first-order valence-corrected chi connectivity index (χ1v) is 10.1. The smallest absolute Gasteiger partial charge is 0.352 e. The Balaban J connectivity index is 1.82. The Hall–Kier alpha value is -3.12. The van der Waals surface area contributed by atoms with E-state index in [0.717, 1.165) is 16.2 Å². The highest BCUT2D eigenvalue weighted by Gasteiger charge is 2.54. The third kappa shape index (κ3) is 3.89. The van der Waals surface area contributed by atoms with Gasteiger partial charge in [-0.3, -0.25) is 19.3 Å². The van der Waals surface area contributed by atoms with Crippen LogP contribution in [0, 0.1) is 0 Å². The molecular formula is C17H16N4O6S2. The van der Waals surface area contributed by atoms with E-state index < -0.39 is 41.6 Å². The van der Waals surface area contributed by atoms with Crippen LogP contribution in [0.4, 0.5) is 5.13 Å². The first-order chi connectivity index (χ1) is 13.7. The van der Waals surface area contributed by atoms with E-state index in [1.165, 1.54) is 29.3 Å². The molecule has 0 spiro atoms. The lowest BCUT2D eigenvalue weighted by molar-refractivity contribution is -0.150. The fourth-order valence-corrected chi connectivity index (χ4v) is 4.84. The van der Waals surface area contributed by atoms with Crippen molar-refractivity contribution in [3.05, 3.63) is 41.1 Å². The Labute approximate surface area is 172 Å². The number of nitrogen functional groups attached to an aromatic ring is 1. The number of aliphatic carboxylic acids is 2. The maximum atomic E-state index is 12.8. The minimum Gasteiger partial charge on any atom is -0.481 e. The van der Waals surface area contributed by atoms with Crippen LogP contribution in [0.5, 0.6) is 0 Å². The molecule has 1 saturated heterocycles. The van der Waals surface area contributed by atoms with Gasteiger partial charge in [0.25, 0.3) is 11.8 Å². The Bertz CT molecular complexity index is 982. The van der Waals surface area contributed by atoms with Crippen LogP contribution >= 0.6 is 23.1 Å². The zero-order valence-corrected chi connectivity index (χ0v) is 16.5.